The number of hydrogen-bond donors (Lipinski definition) is 3. The van der Waals surface area contributed by atoms with Crippen LogP contribution in [-0.2, 0) is 28.2 Å². The van der Waals surface area contributed by atoms with E-state index in [1.807, 2.05) is 12.2 Å². The van der Waals surface area contributed by atoms with Crippen molar-refractivity contribution in [2.24, 2.45) is 5.92 Å². The molecule has 54 heavy (non-hydrogen) atoms. The molecule has 10 heteroatoms. The van der Waals surface area contributed by atoms with Gasteiger partial charge in [0.05, 0.1) is 12.7 Å². The molecule has 0 aromatic carbocycles. The van der Waals surface area contributed by atoms with Gasteiger partial charge in [0.1, 0.15) is 6.61 Å². The maximum atomic E-state index is 12.4. The number of carbonyl (C=O) groups excluding carboxylic acids is 2. The van der Waals surface area contributed by atoms with Crippen LogP contribution in [0.2, 0.25) is 0 Å². The quantitative estimate of drug-likeness (QED) is 0.0183. The third-order valence-corrected chi connectivity index (χ3v) is 9.62. The monoisotopic (exact) mass is 783 g/mol. The maximum absolute atomic E-state index is 12.4. The molecule has 314 valence electrons. The molecule has 0 aromatic rings. The number of hydrogen-bond acceptors (Lipinski definition) is 7. The standard InChI is InChI=1S/C44H79O9P/c1-4-5-6-7-8-9-10-14-18-21-24-27-30-34-41(45)35-32-37-44(47)53-42(39-52-54(48,49)50)38-51-43(46)36-31-28-25-22-19-16-13-11-12-15-17-20-23-26-29-33-40(2)3/h8-9,14,18,24,27,30,34,40-42,45H,4-7,10-13,15-17,19-23,25-26,28-29,31-33,35-39H2,1-3H3,(H2,48,49,50)/b9-8-,18-14-,27-24-,34-30+/t41-,42+/m0/s1. The fraction of sp³-hybridized carbons (Fsp3) is 0.773. The van der Waals surface area contributed by atoms with Gasteiger partial charge in [0.2, 0.25) is 0 Å². The van der Waals surface area contributed by atoms with Gasteiger partial charge in [-0.15, -0.1) is 0 Å². The highest BCUT2D eigenvalue weighted by molar-refractivity contribution is 7.46. The first-order chi connectivity index (χ1) is 26.0. The van der Waals surface area contributed by atoms with E-state index in [1.165, 1.54) is 96.3 Å². The van der Waals surface area contributed by atoms with E-state index in [1.54, 1.807) is 12.2 Å². The highest BCUT2D eigenvalue weighted by Crippen LogP contribution is 2.36. The summed E-state index contributed by atoms with van der Waals surface area (Å²) in [4.78, 5) is 42.9. The van der Waals surface area contributed by atoms with E-state index in [4.69, 9.17) is 19.3 Å². The topological polar surface area (TPSA) is 140 Å². The molecule has 0 saturated carbocycles. The average molecular weight is 783 g/mol. The Hall–Kier alpha value is -2.03. The molecule has 0 radical (unpaired) electrons. The molecule has 0 saturated heterocycles. The summed E-state index contributed by atoms with van der Waals surface area (Å²) in [6.45, 7) is 5.84. The van der Waals surface area contributed by atoms with Crippen molar-refractivity contribution in [1.82, 2.24) is 0 Å². The summed E-state index contributed by atoms with van der Waals surface area (Å²) in [5.41, 5.74) is 0. The van der Waals surface area contributed by atoms with Crippen molar-refractivity contribution >= 4 is 19.8 Å². The van der Waals surface area contributed by atoms with Crippen LogP contribution in [0, 0.1) is 5.92 Å². The van der Waals surface area contributed by atoms with Crippen molar-refractivity contribution in [3.8, 4) is 0 Å². The van der Waals surface area contributed by atoms with Gasteiger partial charge in [-0.05, 0) is 50.9 Å². The molecule has 0 aliphatic rings. The molecule has 0 unspecified atom stereocenters. The lowest BCUT2D eigenvalue weighted by Gasteiger charge is -2.18. The number of aliphatic hydroxyl groups is 1. The zero-order valence-corrected chi connectivity index (χ0v) is 35.3. The minimum Gasteiger partial charge on any atom is -0.462 e. The molecule has 0 aromatic heterocycles. The second-order valence-corrected chi connectivity index (χ2v) is 16.2. The third kappa shape index (κ3) is 41.1. The Labute approximate surface area is 329 Å². The predicted octanol–water partition coefficient (Wildman–Crippen LogP) is 12.0. The summed E-state index contributed by atoms with van der Waals surface area (Å²) in [5, 5.41) is 10.2. The van der Waals surface area contributed by atoms with Gasteiger partial charge in [0.25, 0.3) is 0 Å². The second kappa shape index (κ2) is 37.9. The van der Waals surface area contributed by atoms with E-state index in [0.717, 1.165) is 44.4 Å². The lowest BCUT2D eigenvalue weighted by Crippen LogP contribution is -2.29. The summed E-state index contributed by atoms with van der Waals surface area (Å²) in [6, 6.07) is 0. The van der Waals surface area contributed by atoms with E-state index in [2.05, 4.69) is 49.6 Å². The van der Waals surface area contributed by atoms with Crippen LogP contribution in [-0.4, -0.2) is 52.3 Å². The fourth-order valence-electron chi connectivity index (χ4n) is 5.90. The molecule has 2 atom stereocenters. The summed E-state index contributed by atoms with van der Waals surface area (Å²) >= 11 is 0. The Bertz CT molecular complexity index is 1050. The molecule has 0 aliphatic heterocycles. The van der Waals surface area contributed by atoms with Crippen LogP contribution < -0.4 is 0 Å². The van der Waals surface area contributed by atoms with Crippen molar-refractivity contribution in [2.45, 2.75) is 200 Å². The maximum Gasteiger partial charge on any atom is 0.469 e. The van der Waals surface area contributed by atoms with Crippen molar-refractivity contribution in [3.05, 3.63) is 48.6 Å². The summed E-state index contributed by atoms with van der Waals surface area (Å²) < 4.78 is 26.3. The zero-order valence-electron chi connectivity index (χ0n) is 34.4. The van der Waals surface area contributed by atoms with Gasteiger partial charge >= 0.3 is 19.8 Å². The van der Waals surface area contributed by atoms with Gasteiger partial charge < -0.3 is 24.4 Å². The number of phosphoric acid groups is 1. The number of phosphoric ester groups is 1. The van der Waals surface area contributed by atoms with Gasteiger partial charge in [-0.3, -0.25) is 14.1 Å². The number of carbonyl (C=O) groups is 2. The highest BCUT2D eigenvalue weighted by atomic mass is 31.2. The Morgan fingerprint density at radius 1 is 0.611 bits per heavy atom. The number of allylic oxidation sites excluding steroid dienone is 7. The molecule has 9 nitrogen and oxygen atoms in total. The van der Waals surface area contributed by atoms with Gasteiger partial charge in [0.15, 0.2) is 6.10 Å². The van der Waals surface area contributed by atoms with Crippen molar-refractivity contribution < 1.29 is 43.0 Å². The first-order valence-corrected chi connectivity index (χ1v) is 22.9. The minimum absolute atomic E-state index is 0.0162. The van der Waals surface area contributed by atoms with Crippen LogP contribution in [0.25, 0.3) is 0 Å². The predicted molar refractivity (Wildman–Crippen MR) is 222 cm³/mol. The SMILES string of the molecule is CCCCC/C=C\C/C=C\C/C=C\C=C\[C@H](O)CCCC(=O)O[C@H](COC(=O)CCCCCCCCCCCCCCCCCC(C)C)COP(=O)(O)O. The Morgan fingerprint density at radius 2 is 1.15 bits per heavy atom. The lowest BCUT2D eigenvalue weighted by molar-refractivity contribution is -0.161. The van der Waals surface area contributed by atoms with Crippen LogP contribution >= 0.6 is 7.82 Å². The number of esters is 2. The number of ether oxygens (including phenoxy) is 2. The number of unbranched alkanes of at least 4 members (excludes halogenated alkanes) is 17. The Balaban J connectivity index is 4.08. The van der Waals surface area contributed by atoms with Crippen LogP contribution in [0.1, 0.15) is 188 Å². The van der Waals surface area contributed by atoms with Crippen molar-refractivity contribution in [1.29, 1.82) is 0 Å². The van der Waals surface area contributed by atoms with Crippen LogP contribution in [0.4, 0.5) is 0 Å². The lowest BCUT2D eigenvalue weighted by atomic mass is 10.0. The van der Waals surface area contributed by atoms with E-state index in [9.17, 15) is 19.3 Å². The first-order valence-electron chi connectivity index (χ1n) is 21.4. The van der Waals surface area contributed by atoms with E-state index in [-0.39, 0.29) is 19.4 Å². The molecular weight excluding hydrogens is 703 g/mol. The van der Waals surface area contributed by atoms with Crippen molar-refractivity contribution in [3.63, 3.8) is 0 Å². The fourth-order valence-corrected chi connectivity index (χ4v) is 6.26. The van der Waals surface area contributed by atoms with Crippen LogP contribution in [0.5, 0.6) is 0 Å². The molecular formula is C44H79O9P. The molecule has 0 amide bonds. The third-order valence-electron chi connectivity index (χ3n) is 9.13. The second-order valence-electron chi connectivity index (χ2n) is 15.0. The number of aliphatic hydroxyl groups excluding tert-OH is 1. The molecule has 3 N–H and O–H groups in total. The molecule has 0 spiro atoms. The molecule has 0 bridgehead atoms. The van der Waals surface area contributed by atoms with Gasteiger partial charge in [-0.2, -0.15) is 0 Å². The normalized spacial score (nSPS) is 13.6. The largest absolute Gasteiger partial charge is 0.469 e. The molecule has 0 rings (SSSR count). The van der Waals surface area contributed by atoms with E-state index in [0.29, 0.717) is 19.3 Å². The zero-order chi connectivity index (χ0) is 40.0. The summed E-state index contributed by atoms with van der Waals surface area (Å²) in [5.74, 6) is -0.254. The minimum atomic E-state index is -4.81. The first kappa shape index (κ1) is 52.0. The summed E-state index contributed by atoms with van der Waals surface area (Å²) in [6.07, 6.45) is 41.5. The van der Waals surface area contributed by atoms with E-state index < -0.39 is 38.6 Å². The Kier molecular flexibility index (Phi) is 36.4. The number of rotatable bonds is 38. The molecule has 0 heterocycles. The van der Waals surface area contributed by atoms with E-state index >= 15 is 0 Å². The smallest absolute Gasteiger partial charge is 0.462 e. The van der Waals surface area contributed by atoms with Crippen LogP contribution in [0.15, 0.2) is 48.6 Å². The van der Waals surface area contributed by atoms with Crippen LogP contribution in [0.3, 0.4) is 0 Å². The highest BCUT2D eigenvalue weighted by Gasteiger charge is 2.23. The molecule has 0 aliphatic carbocycles. The van der Waals surface area contributed by atoms with Gasteiger partial charge in [-0.1, -0.05) is 179 Å². The van der Waals surface area contributed by atoms with Crippen molar-refractivity contribution in [2.75, 3.05) is 13.2 Å². The summed E-state index contributed by atoms with van der Waals surface area (Å²) in [7, 11) is -4.81. The van der Waals surface area contributed by atoms with Gasteiger partial charge in [-0.25, -0.2) is 4.57 Å². The average Bonchev–Trinajstić information content (AvgIpc) is 3.12. The van der Waals surface area contributed by atoms with Gasteiger partial charge in [0, 0.05) is 12.8 Å². The molecule has 0 fully saturated rings. The Morgan fingerprint density at radius 3 is 1.72 bits per heavy atom.